The molecule has 4 fully saturated rings. The number of carbonyl (C=O) groups is 1. The molecule has 1 N–H and O–H groups in total. The number of fused-ring (bicyclic) bond motifs is 5. The highest BCUT2D eigenvalue weighted by Gasteiger charge is 2.61. The van der Waals surface area contributed by atoms with Gasteiger partial charge in [-0.05, 0) is 79.4 Å². The first-order valence-electron chi connectivity index (χ1n) is 10.7. The summed E-state index contributed by atoms with van der Waals surface area (Å²) in [7, 11) is 0. The Balaban J connectivity index is 1.61. The van der Waals surface area contributed by atoms with Crippen LogP contribution in [0.1, 0.15) is 78.6 Å². The van der Waals surface area contributed by atoms with Crippen molar-refractivity contribution in [3.05, 3.63) is 10.1 Å². The molecule has 5 heteroatoms. The van der Waals surface area contributed by atoms with E-state index in [0.29, 0.717) is 23.7 Å². The van der Waals surface area contributed by atoms with Gasteiger partial charge in [0.15, 0.2) is 0 Å². The minimum absolute atomic E-state index is 0.0690. The van der Waals surface area contributed by atoms with Gasteiger partial charge in [-0.25, -0.2) is 0 Å². The fourth-order valence-corrected chi connectivity index (χ4v) is 7.93. The topological polar surface area (TPSA) is 72.2 Å². The lowest BCUT2D eigenvalue weighted by atomic mass is 9.44. The van der Waals surface area contributed by atoms with E-state index in [4.69, 9.17) is 0 Å². The maximum atomic E-state index is 11.8. The summed E-state index contributed by atoms with van der Waals surface area (Å²) in [5.74, 6) is 2.61. The molecule has 0 aromatic heterocycles. The first-order chi connectivity index (χ1) is 12.2. The second-order valence-electron chi connectivity index (χ2n) is 10.3. The Labute approximate surface area is 156 Å². The van der Waals surface area contributed by atoms with Crippen molar-refractivity contribution >= 4 is 5.91 Å². The number of rotatable bonds is 2. The van der Waals surface area contributed by atoms with Gasteiger partial charge in [0, 0.05) is 18.3 Å². The van der Waals surface area contributed by atoms with Crippen molar-refractivity contribution in [2.45, 2.75) is 90.6 Å². The van der Waals surface area contributed by atoms with Crippen LogP contribution in [-0.2, 0) is 4.79 Å². The number of carbonyl (C=O) groups excluding carboxylic acids is 1. The molecule has 146 valence electrons. The highest BCUT2D eigenvalue weighted by molar-refractivity contribution is 5.73. The van der Waals surface area contributed by atoms with Crippen molar-refractivity contribution in [1.29, 1.82) is 0 Å². The molecule has 4 saturated carbocycles. The molecule has 4 rings (SSSR count). The number of amides is 1. The van der Waals surface area contributed by atoms with Gasteiger partial charge in [0.25, 0.3) is 0 Å². The fraction of sp³-hybridized carbons (Fsp3) is 0.952. The molecule has 8 atom stereocenters. The average molecular weight is 363 g/mol. The molecule has 0 aromatic carbocycles. The van der Waals surface area contributed by atoms with Crippen molar-refractivity contribution in [1.82, 2.24) is 5.32 Å². The van der Waals surface area contributed by atoms with Gasteiger partial charge < -0.3 is 5.32 Å². The van der Waals surface area contributed by atoms with Crippen molar-refractivity contribution in [3.8, 4) is 0 Å². The van der Waals surface area contributed by atoms with Crippen LogP contribution in [0.25, 0.3) is 0 Å². The molecule has 0 radical (unpaired) electrons. The van der Waals surface area contributed by atoms with Crippen molar-refractivity contribution < 1.29 is 9.72 Å². The van der Waals surface area contributed by atoms with Crippen LogP contribution in [0.15, 0.2) is 0 Å². The van der Waals surface area contributed by atoms with Gasteiger partial charge in [0.2, 0.25) is 11.9 Å². The van der Waals surface area contributed by atoms with E-state index in [1.165, 1.54) is 51.9 Å². The van der Waals surface area contributed by atoms with Crippen LogP contribution < -0.4 is 5.32 Å². The van der Waals surface area contributed by atoms with Crippen LogP contribution >= 0.6 is 0 Å². The van der Waals surface area contributed by atoms with Gasteiger partial charge in [-0.3, -0.25) is 14.9 Å². The zero-order chi connectivity index (χ0) is 18.7. The molecule has 4 aliphatic carbocycles. The van der Waals surface area contributed by atoms with E-state index in [-0.39, 0.29) is 22.3 Å². The van der Waals surface area contributed by atoms with E-state index in [9.17, 15) is 14.9 Å². The Morgan fingerprint density at radius 2 is 1.88 bits per heavy atom. The van der Waals surface area contributed by atoms with Gasteiger partial charge in [0.05, 0.1) is 6.04 Å². The molecule has 3 unspecified atom stereocenters. The van der Waals surface area contributed by atoms with Crippen LogP contribution in [-0.4, -0.2) is 22.9 Å². The van der Waals surface area contributed by atoms with E-state index in [1.54, 1.807) is 0 Å². The first kappa shape index (κ1) is 18.2. The highest BCUT2D eigenvalue weighted by Crippen LogP contribution is 2.66. The number of hydrogen-bond acceptors (Lipinski definition) is 3. The molecule has 0 heterocycles. The van der Waals surface area contributed by atoms with E-state index in [0.717, 1.165) is 18.3 Å². The summed E-state index contributed by atoms with van der Waals surface area (Å²) in [5.41, 5.74) is 0.597. The first-order valence-corrected chi connectivity index (χ1v) is 10.7. The van der Waals surface area contributed by atoms with Gasteiger partial charge in [-0.15, -0.1) is 0 Å². The normalized spacial score (nSPS) is 50.3. The predicted molar refractivity (Wildman–Crippen MR) is 100 cm³/mol. The smallest absolute Gasteiger partial charge is 0.233 e. The van der Waals surface area contributed by atoms with Crippen molar-refractivity contribution in [3.63, 3.8) is 0 Å². The Morgan fingerprint density at radius 3 is 2.58 bits per heavy atom. The largest absolute Gasteiger partial charge is 0.347 e. The quantitative estimate of drug-likeness (QED) is 0.591. The van der Waals surface area contributed by atoms with E-state index in [1.807, 2.05) is 0 Å². The van der Waals surface area contributed by atoms with Crippen molar-refractivity contribution in [2.24, 2.45) is 34.5 Å². The zero-order valence-corrected chi connectivity index (χ0v) is 16.5. The summed E-state index contributed by atoms with van der Waals surface area (Å²) < 4.78 is 0. The molecule has 0 aliphatic heterocycles. The molecule has 0 saturated heterocycles. The Bertz CT molecular complexity index is 608. The van der Waals surface area contributed by atoms with E-state index in [2.05, 4.69) is 19.2 Å². The fourth-order valence-electron chi connectivity index (χ4n) is 7.93. The van der Waals surface area contributed by atoms with Gasteiger partial charge in [0.1, 0.15) is 0 Å². The summed E-state index contributed by atoms with van der Waals surface area (Å²) >= 11 is 0. The lowest BCUT2D eigenvalue weighted by Crippen LogP contribution is -2.60. The second kappa shape index (κ2) is 6.20. The SMILES string of the molecule is CC(=O)NC1CC2CC[C@@H]3[C@@H](CC[C@]4(C)CCC[C@@H]34)[C@@]2(C)CC1[N+](=O)[O-]. The molecule has 0 spiro atoms. The van der Waals surface area contributed by atoms with Gasteiger partial charge in [-0.2, -0.15) is 0 Å². The highest BCUT2D eigenvalue weighted by atomic mass is 16.6. The number of nitrogens with one attached hydrogen (secondary N) is 1. The summed E-state index contributed by atoms with van der Waals surface area (Å²) in [6.07, 6.45) is 10.6. The zero-order valence-electron chi connectivity index (χ0n) is 16.5. The predicted octanol–water partition coefficient (Wildman–Crippen LogP) is 4.18. The van der Waals surface area contributed by atoms with Crippen LogP contribution in [0.4, 0.5) is 0 Å². The third kappa shape index (κ3) is 2.68. The number of nitro groups is 1. The molecular weight excluding hydrogens is 328 g/mol. The molecule has 0 aromatic rings. The molecule has 5 nitrogen and oxygen atoms in total. The summed E-state index contributed by atoms with van der Waals surface area (Å²) in [5, 5.41) is 14.7. The molecule has 26 heavy (non-hydrogen) atoms. The van der Waals surface area contributed by atoms with Gasteiger partial charge in [-0.1, -0.05) is 20.3 Å². The number of hydrogen-bond donors (Lipinski definition) is 1. The van der Waals surface area contributed by atoms with Crippen LogP contribution in [0.5, 0.6) is 0 Å². The standard InChI is InChI=1S/C21H34N2O3/c1-13(24)22-18-11-14-6-7-15-16-5-4-9-20(16,2)10-8-17(15)21(14,3)12-19(18)23(25)26/h14-19H,4-12H2,1-3H3,(H,22,24)/t14?,15-,16-,17+,18?,19?,20-,21-/m0/s1. The minimum Gasteiger partial charge on any atom is -0.347 e. The summed E-state index contributed by atoms with van der Waals surface area (Å²) in [6, 6.07) is -0.923. The molecule has 1 amide bonds. The monoisotopic (exact) mass is 362 g/mol. The van der Waals surface area contributed by atoms with E-state index < -0.39 is 6.04 Å². The Kier molecular flexibility index (Phi) is 4.35. The lowest BCUT2D eigenvalue weighted by Gasteiger charge is -2.60. The number of nitrogens with zero attached hydrogens (tertiary/aromatic N) is 1. The lowest BCUT2D eigenvalue weighted by molar-refractivity contribution is -0.536. The molecular formula is C21H34N2O3. The molecule has 0 bridgehead atoms. The van der Waals surface area contributed by atoms with Crippen molar-refractivity contribution in [2.75, 3.05) is 0 Å². The van der Waals surface area contributed by atoms with Crippen LogP contribution in [0, 0.1) is 44.6 Å². The second-order valence-corrected chi connectivity index (χ2v) is 10.3. The van der Waals surface area contributed by atoms with E-state index >= 15 is 0 Å². The van der Waals surface area contributed by atoms with Crippen LogP contribution in [0.3, 0.4) is 0 Å². The van der Waals surface area contributed by atoms with Crippen LogP contribution in [0.2, 0.25) is 0 Å². The average Bonchev–Trinajstić information content (AvgIpc) is 2.95. The third-order valence-electron chi connectivity index (χ3n) is 9.16. The Hall–Kier alpha value is -1.13. The molecule has 4 aliphatic rings. The Morgan fingerprint density at radius 1 is 1.12 bits per heavy atom. The minimum atomic E-state index is -0.629. The summed E-state index contributed by atoms with van der Waals surface area (Å²) in [6.45, 7) is 6.33. The maximum absolute atomic E-state index is 11.8. The van der Waals surface area contributed by atoms with Gasteiger partial charge >= 0.3 is 0 Å². The third-order valence-corrected chi connectivity index (χ3v) is 9.16. The maximum Gasteiger partial charge on any atom is 0.233 e. The summed E-state index contributed by atoms with van der Waals surface area (Å²) in [4.78, 5) is 23.3.